The lowest BCUT2D eigenvalue weighted by atomic mass is 10.0. The molecule has 10 heteroatoms. The van der Waals surface area contributed by atoms with Crippen molar-refractivity contribution in [2.45, 2.75) is 49.9 Å². The molecular weight excluding hydrogens is 508 g/mol. The first-order chi connectivity index (χ1) is 19.4. The van der Waals surface area contributed by atoms with E-state index in [2.05, 4.69) is 20.9 Å². The molecule has 3 amide bonds. The number of nitrogens with zero attached hydrogens (tertiary/aromatic N) is 2. The van der Waals surface area contributed by atoms with E-state index in [1.54, 1.807) is 11.1 Å². The fraction of sp³-hybridized carbons (Fsp3) is 0.400. The topological polar surface area (TPSA) is 150 Å². The molecule has 5 rings (SSSR count). The number of anilines is 1. The summed E-state index contributed by atoms with van der Waals surface area (Å²) >= 11 is 0. The molecule has 0 bridgehead atoms. The molecule has 40 heavy (non-hydrogen) atoms. The molecule has 2 aliphatic rings. The molecule has 0 radical (unpaired) electrons. The molecule has 2 saturated heterocycles. The Bertz CT molecular complexity index is 1350. The Morgan fingerprint density at radius 1 is 1.10 bits per heavy atom. The third-order valence-corrected chi connectivity index (χ3v) is 7.80. The number of pyridine rings is 1. The summed E-state index contributed by atoms with van der Waals surface area (Å²) in [6, 6.07) is 17.4. The molecule has 0 saturated carbocycles. The van der Waals surface area contributed by atoms with E-state index in [0.29, 0.717) is 31.6 Å². The Kier molecular flexibility index (Phi) is 8.69. The Hall–Kier alpha value is -3.86. The maximum Gasteiger partial charge on any atom is 0.249 e. The molecular formula is C30H36N6O4. The minimum atomic E-state index is -1.19. The Labute approximate surface area is 233 Å². The Morgan fingerprint density at radius 3 is 2.65 bits per heavy atom. The molecule has 6 N–H and O–H groups in total. The lowest BCUT2D eigenvalue weighted by Crippen LogP contribution is -2.50. The van der Waals surface area contributed by atoms with Gasteiger partial charge < -0.3 is 31.7 Å². The van der Waals surface area contributed by atoms with Crippen molar-refractivity contribution in [2.24, 2.45) is 11.7 Å². The minimum absolute atomic E-state index is 0.176. The number of rotatable bonds is 9. The lowest BCUT2D eigenvalue weighted by molar-refractivity contribution is -0.138. The van der Waals surface area contributed by atoms with Crippen LogP contribution >= 0.6 is 0 Å². The zero-order chi connectivity index (χ0) is 28.1. The predicted molar refractivity (Wildman–Crippen MR) is 152 cm³/mol. The third-order valence-electron chi connectivity index (χ3n) is 7.80. The second-order valence-corrected chi connectivity index (χ2v) is 10.7. The minimum Gasteiger partial charge on any atom is -0.383 e. The van der Waals surface area contributed by atoms with E-state index in [1.165, 1.54) is 0 Å². The van der Waals surface area contributed by atoms with Gasteiger partial charge in [-0.05, 0) is 62.4 Å². The largest absolute Gasteiger partial charge is 0.383 e. The van der Waals surface area contributed by atoms with Crippen molar-refractivity contribution in [2.75, 3.05) is 25.0 Å². The average Bonchev–Trinajstić information content (AvgIpc) is 3.64. The Balaban J connectivity index is 1.26. The number of aliphatic hydroxyl groups excluding tert-OH is 1. The molecule has 0 spiro atoms. The van der Waals surface area contributed by atoms with Gasteiger partial charge in [-0.2, -0.15) is 0 Å². The SMILES string of the molecule is NC[C@H]1CN[C@H](C(=O)N2C[C@H](NC(=O)C(O)CCc3ccccc3)C[C@H]2C(=O)Nc2cnc3ccccc3c2)C1. The second kappa shape index (κ2) is 12.5. The number of aromatic nitrogens is 1. The molecule has 1 aromatic heterocycles. The van der Waals surface area contributed by atoms with Crippen LogP contribution in [0.15, 0.2) is 66.9 Å². The highest BCUT2D eigenvalue weighted by molar-refractivity contribution is 5.99. The number of carbonyl (C=O) groups is 3. The fourth-order valence-corrected chi connectivity index (χ4v) is 5.55. The van der Waals surface area contributed by atoms with Gasteiger partial charge in [0.25, 0.3) is 0 Å². The molecule has 3 aromatic rings. The van der Waals surface area contributed by atoms with Crippen molar-refractivity contribution in [3.63, 3.8) is 0 Å². The van der Waals surface area contributed by atoms with Gasteiger partial charge in [-0.3, -0.25) is 19.4 Å². The van der Waals surface area contributed by atoms with Crippen LogP contribution < -0.4 is 21.7 Å². The molecule has 0 aliphatic carbocycles. The first-order valence-corrected chi connectivity index (χ1v) is 13.8. The zero-order valence-electron chi connectivity index (χ0n) is 22.3. The monoisotopic (exact) mass is 544 g/mol. The van der Waals surface area contributed by atoms with Gasteiger partial charge in [0.1, 0.15) is 12.1 Å². The smallest absolute Gasteiger partial charge is 0.249 e. The van der Waals surface area contributed by atoms with Gasteiger partial charge in [0.2, 0.25) is 17.7 Å². The molecule has 2 fully saturated rings. The van der Waals surface area contributed by atoms with Gasteiger partial charge in [-0.25, -0.2) is 0 Å². The summed E-state index contributed by atoms with van der Waals surface area (Å²) in [5.41, 5.74) is 8.19. The maximum atomic E-state index is 13.5. The highest BCUT2D eigenvalue weighted by atomic mass is 16.3. The van der Waals surface area contributed by atoms with Crippen molar-refractivity contribution in [1.82, 2.24) is 20.5 Å². The molecule has 3 heterocycles. The number of hydrogen-bond donors (Lipinski definition) is 5. The van der Waals surface area contributed by atoms with Crippen molar-refractivity contribution >= 4 is 34.3 Å². The van der Waals surface area contributed by atoms with Gasteiger partial charge >= 0.3 is 0 Å². The van der Waals surface area contributed by atoms with E-state index in [-0.39, 0.29) is 37.1 Å². The van der Waals surface area contributed by atoms with Crippen LogP contribution in [0.1, 0.15) is 24.8 Å². The summed E-state index contributed by atoms with van der Waals surface area (Å²) in [7, 11) is 0. The molecule has 10 nitrogen and oxygen atoms in total. The van der Waals surface area contributed by atoms with Crippen molar-refractivity contribution in [1.29, 1.82) is 0 Å². The van der Waals surface area contributed by atoms with E-state index >= 15 is 0 Å². The fourth-order valence-electron chi connectivity index (χ4n) is 5.55. The van der Waals surface area contributed by atoms with Gasteiger partial charge in [-0.15, -0.1) is 0 Å². The number of nitrogens with one attached hydrogen (secondary N) is 3. The van der Waals surface area contributed by atoms with Gasteiger partial charge in [0.15, 0.2) is 0 Å². The summed E-state index contributed by atoms with van der Waals surface area (Å²) in [6.07, 6.45) is 2.07. The molecule has 2 aromatic carbocycles. The molecule has 2 aliphatic heterocycles. The Morgan fingerprint density at radius 2 is 1.88 bits per heavy atom. The van der Waals surface area contributed by atoms with Crippen LogP contribution in [0, 0.1) is 5.92 Å². The first-order valence-electron chi connectivity index (χ1n) is 13.8. The summed E-state index contributed by atoms with van der Waals surface area (Å²) in [5, 5.41) is 20.4. The van der Waals surface area contributed by atoms with Crippen LogP contribution in [0.2, 0.25) is 0 Å². The number of aryl methyl sites for hydroxylation is 1. The van der Waals surface area contributed by atoms with Crippen molar-refractivity contribution in [3.05, 3.63) is 72.4 Å². The highest BCUT2D eigenvalue weighted by Crippen LogP contribution is 2.25. The van der Waals surface area contributed by atoms with Crippen LogP contribution in [0.3, 0.4) is 0 Å². The van der Waals surface area contributed by atoms with Crippen LogP contribution in [0.5, 0.6) is 0 Å². The van der Waals surface area contributed by atoms with Crippen LogP contribution in [0.4, 0.5) is 5.69 Å². The van der Waals surface area contributed by atoms with Crippen molar-refractivity contribution in [3.8, 4) is 0 Å². The van der Waals surface area contributed by atoms with E-state index in [1.807, 2.05) is 60.7 Å². The van der Waals surface area contributed by atoms with Crippen LogP contribution in [0.25, 0.3) is 10.9 Å². The van der Waals surface area contributed by atoms with Crippen LogP contribution in [-0.4, -0.2) is 76.6 Å². The average molecular weight is 545 g/mol. The second-order valence-electron chi connectivity index (χ2n) is 10.7. The lowest BCUT2D eigenvalue weighted by Gasteiger charge is -2.26. The number of fused-ring (bicyclic) bond motifs is 1. The zero-order valence-corrected chi connectivity index (χ0v) is 22.3. The summed E-state index contributed by atoms with van der Waals surface area (Å²) in [5.74, 6) is -0.840. The van der Waals surface area contributed by atoms with E-state index < -0.39 is 30.1 Å². The van der Waals surface area contributed by atoms with Gasteiger partial charge in [-0.1, -0.05) is 48.5 Å². The number of aliphatic hydroxyl groups is 1. The first kappa shape index (κ1) is 27.7. The van der Waals surface area contributed by atoms with Crippen molar-refractivity contribution < 1.29 is 19.5 Å². The predicted octanol–water partition coefficient (Wildman–Crippen LogP) is 1.19. The summed E-state index contributed by atoms with van der Waals surface area (Å²) in [4.78, 5) is 45.8. The number of amides is 3. The van der Waals surface area contributed by atoms with E-state index in [4.69, 9.17) is 5.73 Å². The normalized spacial score (nSPS) is 23.2. The maximum absolute atomic E-state index is 13.5. The van der Waals surface area contributed by atoms with E-state index in [0.717, 1.165) is 16.5 Å². The number of hydrogen-bond acceptors (Lipinski definition) is 7. The number of likely N-dealkylation sites (tertiary alicyclic amines) is 1. The molecule has 210 valence electrons. The van der Waals surface area contributed by atoms with Crippen LogP contribution in [-0.2, 0) is 20.8 Å². The standard InChI is InChI=1S/C30H36N6O4/c31-15-20-12-25(32-16-20)30(40)36-18-23(35-29(39)27(37)11-10-19-6-2-1-3-7-19)14-26(36)28(38)34-22-13-21-8-4-5-9-24(21)33-17-22/h1-9,13,17,20,23,25-27,32,37H,10-12,14-16,18,31H2,(H,34,38)(H,35,39)/t20-,23+,25-,26-,27?/m0/s1. The summed E-state index contributed by atoms with van der Waals surface area (Å²) in [6.45, 7) is 1.30. The number of carbonyl (C=O) groups excluding carboxylic acids is 3. The highest BCUT2D eigenvalue weighted by Gasteiger charge is 2.43. The quantitative estimate of drug-likeness (QED) is 0.272. The number of benzene rings is 2. The number of para-hydroxylation sites is 1. The molecule has 1 unspecified atom stereocenters. The number of nitrogens with two attached hydrogens (primary N) is 1. The molecule has 5 atom stereocenters. The van der Waals surface area contributed by atoms with Gasteiger partial charge in [0.05, 0.1) is 23.4 Å². The summed E-state index contributed by atoms with van der Waals surface area (Å²) < 4.78 is 0. The van der Waals surface area contributed by atoms with Gasteiger partial charge in [0, 0.05) is 18.0 Å². The third kappa shape index (κ3) is 6.47. The van der Waals surface area contributed by atoms with E-state index in [9.17, 15) is 19.5 Å².